The number of amides is 2. The fourth-order valence-electron chi connectivity index (χ4n) is 3.88. The molecule has 2 N–H and O–H groups in total. The zero-order chi connectivity index (χ0) is 23.0. The van der Waals surface area contributed by atoms with Crippen molar-refractivity contribution in [3.05, 3.63) is 65.0 Å². The normalized spacial score (nSPS) is 21.9. The highest BCUT2D eigenvalue weighted by Gasteiger charge is 2.58. The average molecular weight is 466 g/mol. The number of halogens is 3. The van der Waals surface area contributed by atoms with Crippen LogP contribution in [0.5, 0.6) is 5.75 Å². The summed E-state index contributed by atoms with van der Waals surface area (Å²) in [5.41, 5.74) is 6.07. The minimum Gasteiger partial charge on any atom is -0.493 e. The van der Waals surface area contributed by atoms with E-state index in [1.165, 1.54) is 32.4 Å². The zero-order valence-electron chi connectivity index (χ0n) is 17.3. The second-order valence-corrected chi connectivity index (χ2v) is 8.54. The summed E-state index contributed by atoms with van der Waals surface area (Å²) < 4.78 is 48.8. The summed E-state index contributed by atoms with van der Waals surface area (Å²) in [6.45, 7) is 0.421. The molecule has 32 heavy (non-hydrogen) atoms. The van der Waals surface area contributed by atoms with Crippen molar-refractivity contribution in [1.82, 2.24) is 10.1 Å². The molecule has 0 radical (unpaired) electrons. The number of carbonyl (C=O) groups is 1. The molecule has 0 aliphatic carbocycles. The first kappa shape index (κ1) is 22.4. The van der Waals surface area contributed by atoms with E-state index in [4.69, 9.17) is 15.3 Å². The maximum Gasteiger partial charge on any atom is 0.365 e. The summed E-state index contributed by atoms with van der Waals surface area (Å²) in [4.78, 5) is 17.0. The van der Waals surface area contributed by atoms with Crippen molar-refractivity contribution in [2.45, 2.75) is 11.3 Å². The van der Waals surface area contributed by atoms with Crippen molar-refractivity contribution in [3.63, 3.8) is 0 Å². The van der Waals surface area contributed by atoms with E-state index in [0.717, 1.165) is 40.0 Å². The molecule has 2 aliphatic heterocycles. The summed E-state index contributed by atoms with van der Waals surface area (Å²) in [7, 11) is 2.69. The van der Waals surface area contributed by atoms with Crippen LogP contribution >= 0.6 is 11.8 Å². The Bertz CT molecular complexity index is 1090. The Labute approximate surface area is 186 Å². The molecule has 7 nitrogen and oxygen atoms in total. The summed E-state index contributed by atoms with van der Waals surface area (Å²) in [5.74, 6) is -1.97. The molecule has 0 saturated carbocycles. The van der Waals surface area contributed by atoms with E-state index in [0.29, 0.717) is 17.7 Å². The predicted molar refractivity (Wildman–Crippen MR) is 113 cm³/mol. The van der Waals surface area contributed by atoms with Gasteiger partial charge in [0.25, 0.3) is 0 Å². The first-order valence-corrected chi connectivity index (χ1v) is 10.6. The van der Waals surface area contributed by atoms with Gasteiger partial charge in [0.05, 0.1) is 13.7 Å². The molecule has 0 aromatic heterocycles. The van der Waals surface area contributed by atoms with Crippen molar-refractivity contribution in [2.24, 2.45) is 16.8 Å². The molecule has 4 rings (SSSR count). The van der Waals surface area contributed by atoms with E-state index in [1.54, 1.807) is 0 Å². The van der Waals surface area contributed by atoms with Gasteiger partial charge in [-0.05, 0) is 49.4 Å². The van der Waals surface area contributed by atoms with Gasteiger partial charge >= 0.3 is 6.03 Å². The number of rotatable bonds is 4. The second-order valence-electron chi connectivity index (χ2n) is 7.33. The number of urea groups is 1. The van der Waals surface area contributed by atoms with Crippen LogP contribution in [-0.2, 0) is 9.71 Å². The second kappa shape index (κ2) is 8.64. The largest absolute Gasteiger partial charge is 0.493 e. The Kier molecular flexibility index (Phi) is 6.06. The summed E-state index contributed by atoms with van der Waals surface area (Å²) >= 11 is 1.04. The number of carbonyl (C=O) groups excluding carboxylic acids is 1. The molecule has 2 heterocycles. The van der Waals surface area contributed by atoms with Crippen LogP contribution in [-0.4, -0.2) is 48.5 Å². The highest BCUT2D eigenvalue weighted by atomic mass is 32.2. The first-order valence-electron chi connectivity index (χ1n) is 9.79. The molecule has 0 unspecified atom stereocenters. The highest BCUT2D eigenvalue weighted by Crippen LogP contribution is 2.57. The monoisotopic (exact) mass is 466 g/mol. The molecule has 1 spiro atoms. The van der Waals surface area contributed by atoms with Crippen molar-refractivity contribution >= 4 is 22.8 Å². The van der Waals surface area contributed by atoms with Crippen molar-refractivity contribution in [2.75, 3.05) is 27.3 Å². The minimum absolute atomic E-state index is 0.0685. The van der Waals surface area contributed by atoms with Crippen LogP contribution in [0.3, 0.4) is 0 Å². The number of benzene rings is 2. The lowest BCUT2D eigenvalue weighted by Gasteiger charge is -2.45. The molecule has 2 aromatic carbocycles. The quantitative estimate of drug-likeness (QED) is 0.696. The third-order valence-electron chi connectivity index (χ3n) is 5.48. The molecule has 0 saturated heterocycles. The van der Waals surface area contributed by atoms with Gasteiger partial charge < -0.3 is 10.5 Å². The number of hydrazone groups is 1. The van der Waals surface area contributed by atoms with Crippen LogP contribution in [0.15, 0.2) is 41.5 Å². The molecule has 0 bridgehead atoms. The van der Waals surface area contributed by atoms with E-state index in [-0.39, 0.29) is 23.8 Å². The molecular formula is C21H21F3N4O3S. The molecule has 170 valence electrons. The van der Waals surface area contributed by atoms with E-state index < -0.39 is 34.3 Å². The SMILES string of the molecule is CON(C)C(=O)N1N=C(c2cc(F)ccc2F)S[C@@]12c1cc(F)ccc1OC[C@@H]2CCN. The van der Waals surface area contributed by atoms with Gasteiger partial charge in [-0.3, -0.25) is 4.84 Å². The van der Waals surface area contributed by atoms with Gasteiger partial charge in [-0.25, -0.2) is 23.0 Å². The number of hydroxylamine groups is 2. The maximum absolute atomic E-state index is 14.6. The van der Waals surface area contributed by atoms with Crippen LogP contribution in [0.2, 0.25) is 0 Å². The Balaban J connectivity index is 1.94. The third-order valence-corrected chi connectivity index (χ3v) is 7.01. The lowest BCUT2D eigenvalue weighted by molar-refractivity contribution is -0.0845. The molecule has 2 amide bonds. The number of fused-ring (bicyclic) bond motifs is 2. The van der Waals surface area contributed by atoms with E-state index in [1.807, 2.05) is 0 Å². The fourth-order valence-corrected chi connectivity index (χ4v) is 5.39. The number of hydrogen-bond donors (Lipinski definition) is 1. The van der Waals surface area contributed by atoms with Gasteiger partial charge in [0, 0.05) is 24.1 Å². The molecule has 0 fully saturated rings. The standard InChI is InChI=1S/C21H21F3N4O3S/c1-27(30-2)20(29)28-21(32-19(26-28)15-9-13(22)3-5-17(15)24)12(7-8-25)11-31-18-6-4-14(23)10-16(18)21/h3-6,9-10,12H,7-8,11,25H2,1-2H3/t12-,21-/m0/s1. The van der Waals surface area contributed by atoms with E-state index >= 15 is 0 Å². The Morgan fingerprint density at radius 1 is 1.31 bits per heavy atom. The highest BCUT2D eigenvalue weighted by molar-refractivity contribution is 8.15. The van der Waals surface area contributed by atoms with Crippen molar-refractivity contribution in [3.8, 4) is 5.75 Å². The predicted octanol–water partition coefficient (Wildman–Crippen LogP) is 3.64. The number of hydrogen-bond acceptors (Lipinski definition) is 6. The molecule has 2 aromatic rings. The summed E-state index contributed by atoms with van der Waals surface area (Å²) in [6.07, 6.45) is 0.401. The summed E-state index contributed by atoms with van der Waals surface area (Å²) in [6, 6.07) is 6.29. The van der Waals surface area contributed by atoms with Crippen LogP contribution < -0.4 is 10.5 Å². The Morgan fingerprint density at radius 2 is 2.03 bits per heavy atom. The van der Waals surface area contributed by atoms with Gasteiger partial charge in [0.15, 0.2) is 4.87 Å². The van der Waals surface area contributed by atoms with Crippen LogP contribution in [0, 0.1) is 23.4 Å². The number of ether oxygens (including phenoxy) is 1. The molecule has 2 atom stereocenters. The lowest BCUT2D eigenvalue weighted by atomic mass is 9.86. The lowest BCUT2D eigenvalue weighted by Crippen LogP contribution is -2.54. The zero-order valence-corrected chi connectivity index (χ0v) is 18.2. The van der Waals surface area contributed by atoms with E-state index in [9.17, 15) is 18.0 Å². The Hall–Kier alpha value is -2.76. The smallest absolute Gasteiger partial charge is 0.365 e. The summed E-state index contributed by atoms with van der Waals surface area (Å²) in [5, 5.41) is 6.53. The molecule has 11 heteroatoms. The van der Waals surface area contributed by atoms with Gasteiger partial charge in [-0.15, -0.1) is 0 Å². The number of thioether (sulfide) groups is 1. The van der Waals surface area contributed by atoms with Crippen molar-refractivity contribution < 1.29 is 27.5 Å². The minimum atomic E-state index is -1.31. The Morgan fingerprint density at radius 3 is 2.75 bits per heavy atom. The van der Waals surface area contributed by atoms with Crippen LogP contribution in [0.4, 0.5) is 18.0 Å². The van der Waals surface area contributed by atoms with Crippen LogP contribution in [0.1, 0.15) is 17.5 Å². The first-order chi connectivity index (χ1) is 15.3. The van der Waals surface area contributed by atoms with Gasteiger partial charge in [0.2, 0.25) is 0 Å². The van der Waals surface area contributed by atoms with Gasteiger partial charge in [-0.1, -0.05) is 11.8 Å². The van der Waals surface area contributed by atoms with Crippen molar-refractivity contribution in [1.29, 1.82) is 0 Å². The van der Waals surface area contributed by atoms with Gasteiger partial charge in [0.1, 0.15) is 28.2 Å². The topological polar surface area (TPSA) is 80.4 Å². The number of nitrogens with two attached hydrogens (primary N) is 1. The van der Waals surface area contributed by atoms with Gasteiger partial charge in [-0.2, -0.15) is 10.1 Å². The average Bonchev–Trinajstić information content (AvgIpc) is 3.17. The third kappa shape index (κ3) is 3.59. The molecule has 2 aliphatic rings. The number of nitrogens with zero attached hydrogens (tertiary/aromatic N) is 3. The fraction of sp³-hybridized carbons (Fsp3) is 0.333. The van der Waals surface area contributed by atoms with E-state index in [2.05, 4.69) is 5.10 Å². The maximum atomic E-state index is 14.6. The molecular weight excluding hydrogens is 445 g/mol. The van der Waals surface area contributed by atoms with Crippen LogP contribution in [0.25, 0.3) is 0 Å².